The topological polar surface area (TPSA) is 73.0 Å². The second kappa shape index (κ2) is 11.4. The van der Waals surface area contributed by atoms with Gasteiger partial charge in [-0.2, -0.15) is 0 Å². The van der Waals surface area contributed by atoms with E-state index in [4.69, 9.17) is 4.42 Å². The summed E-state index contributed by atoms with van der Waals surface area (Å²) in [6.45, 7) is 7.45. The number of nitrogens with one attached hydrogen (secondary N) is 2. The van der Waals surface area contributed by atoms with Crippen molar-refractivity contribution >= 4 is 29.9 Å². The third-order valence-electron chi connectivity index (χ3n) is 4.49. The number of hydrogen-bond donors (Lipinski definition) is 3. The minimum Gasteiger partial charge on any atom is -0.466 e. The van der Waals surface area contributed by atoms with Gasteiger partial charge >= 0.3 is 0 Å². The molecule has 1 heterocycles. The van der Waals surface area contributed by atoms with E-state index in [2.05, 4.69) is 65.8 Å². The fraction of sp³-hybridized carbons (Fsp3) is 0.476. The Bertz CT molecular complexity index is 713. The molecule has 0 amide bonds. The van der Waals surface area contributed by atoms with Gasteiger partial charge in [0.25, 0.3) is 0 Å². The Morgan fingerprint density at radius 1 is 1.21 bits per heavy atom. The largest absolute Gasteiger partial charge is 0.466 e. The van der Waals surface area contributed by atoms with Gasteiger partial charge in [0.2, 0.25) is 0 Å². The molecule has 156 valence electrons. The van der Waals surface area contributed by atoms with E-state index in [1.165, 1.54) is 11.1 Å². The van der Waals surface area contributed by atoms with Crippen molar-refractivity contribution in [3.8, 4) is 0 Å². The average molecular weight is 500 g/mol. The minimum atomic E-state index is -1.15. The van der Waals surface area contributed by atoms with E-state index in [1.54, 1.807) is 25.3 Å². The molecule has 0 aliphatic rings. The lowest BCUT2D eigenvalue weighted by molar-refractivity contribution is 0.0437. The number of hydrogen-bond acceptors (Lipinski definition) is 4. The SMILES string of the molecule is CCNC(=NCC(C)(O)c1ccco1)NCC(c1ccc(C)cc1)N(C)C.I. The summed E-state index contributed by atoms with van der Waals surface area (Å²) in [5.41, 5.74) is 1.35. The normalized spacial score (nSPS) is 14.9. The first-order chi connectivity index (χ1) is 12.8. The molecule has 7 heteroatoms. The first-order valence-corrected chi connectivity index (χ1v) is 9.35. The van der Waals surface area contributed by atoms with Crippen LogP contribution < -0.4 is 10.6 Å². The van der Waals surface area contributed by atoms with Gasteiger partial charge in [-0.05, 0) is 52.6 Å². The van der Waals surface area contributed by atoms with Crippen molar-refractivity contribution in [1.82, 2.24) is 15.5 Å². The van der Waals surface area contributed by atoms with Crippen LogP contribution in [0.15, 0.2) is 52.1 Å². The van der Waals surface area contributed by atoms with Crippen LogP contribution in [0.1, 0.15) is 36.8 Å². The first-order valence-electron chi connectivity index (χ1n) is 9.35. The van der Waals surface area contributed by atoms with Crippen molar-refractivity contribution in [3.63, 3.8) is 0 Å². The average Bonchev–Trinajstić information content (AvgIpc) is 3.16. The van der Waals surface area contributed by atoms with Crippen LogP contribution in [-0.2, 0) is 5.60 Å². The predicted molar refractivity (Wildman–Crippen MR) is 125 cm³/mol. The van der Waals surface area contributed by atoms with E-state index >= 15 is 0 Å². The Morgan fingerprint density at radius 3 is 2.43 bits per heavy atom. The van der Waals surface area contributed by atoms with Crippen molar-refractivity contribution in [2.75, 3.05) is 33.7 Å². The van der Waals surface area contributed by atoms with Gasteiger partial charge in [0.05, 0.1) is 18.8 Å². The molecule has 2 aromatic rings. The van der Waals surface area contributed by atoms with Gasteiger partial charge in [0, 0.05) is 13.1 Å². The molecule has 3 N–H and O–H groups in total. The maximum Gasteiger partial charge on any atom is 0.191 e. The lowest BCUT2D eigenvalue weighted by Crippen LogP contribution is -2.42. The molecule has 28 heavy (non-hydrogen) atoms. The monoisotopic (exact) mass is 500 g/mol. The number of likely N-dealkylation sites (N-methyl/N-ethyl adjacent to an activating group) is 1. The zero-order valence-electron chi connectivity index (χ0n) is 17.4. The fourth-order valence-electron chi connectivity index (χ4n) is 2.82. The molecular formula is C21H33IN4O2. The van der Waals surface area contributed by atoms with Crippen LogP contribution in [0.3, 0.4) is 0 Å². The number of aryl methyl sites for hydroxylation is 1. The molecule has 0 radical (unpaired) electrons. The Kier molecular flexibility index (Phi) is 9.98. The van der Waals surface area contributed by atoms with Crippen LogP contribution in [0.5, 0.6) is 0 Å². The zero-order chi connectivity index (χ0) is 19.9. The Balaban J connectivity index is 0.00000392. The summed E-state index contributed by atoms with van der Waals surface area (Å²) >= 11 is 0. The molecule has 0 aliphatic heterocycles. The molecule has 2 unspecified atom stereocenters. The molecule has 0 fully saturated rings. The van der Waals surface area contributed by atoms with Crippen LogP contribution in [0.2, 0.25) is 0 Å². The van der Waals surface area contributed by atoms with Crippen molar-refractivity contribution in [1.29, 1.82) is 0 Å². The predicted octanol–water partition coefficient (Wildman–Crippen LogP) is 3.27. The molecule has 1 aromatic heterocycles. The molecule has 2 atom stereocenters. The number of halogens is 1. The highest BCUT2D eigenvalue weighted by Gasteiger charge is 2.26. The smallest absolute Gasteiger partial charge is 0.191 e. The van der Waals surface area contributed by atoms with E-state index in [0.29, 0.717) is 18.3 Å². The summed E-state index contributed by atoms with van der Waals surface area (Å²) in [5.74, 6) is 1.18. The quantitative estimate of drug-likeness (QED) is 0.295. The second-order valence-corrected chi connectivity index (χ2v) is 7.22. The van der Waals surface area contributed by atoms with Gasteiger partial charge < -0.3 is 25.1 Å². The number of furan rings is 1. The van der Waals surface area contributed by atoms with E-state index in [1.807, 2.05) is 6.92 Å². The number of aliphatic imine (C=N–C) groups is 1. The van der Waals surface area contributed by atoms with E-state index in [0.717, 1.165) is 6.54 Å². The van der Waals surface area contributed by atoms with E-state index < -0.39 is 5.60 Å². The minimum absolute atomic E-state index is 0. The van der Waals surface area contributed by atoms with Gasteiger partial charge in [-0.3, -0.25) is 0 Å². The second-order valence-electron chi connectivity index (χ2n) is 7.22. The van der Waals surface area contributed by atoms with Crippen molar-refractivity contribution in [3.05, 3.63) is 59.5 Å². The lowest BCUT2D eigenvalue weighted by Gasteiger charge is -2.26. The number of aliphatic hydroxyl groups is 1. The first kappa shape index (κ1) is 24.5. The van der Waals surface area contributed by atoms with Gasteiger partial charge in [0.15, 0.2) is 5.96 Å². The molecule has 0 spiro atoms. The van der Waals surface area contributed by atoms with Crippen LogP contribution in [-0.4, -0.2) is 49.7 Å². The lowest BCUT2D eigenvalue weighted by atomic mass is 10.0. The van der Waals surface area contributed by atoms with Crippen molar-refractivity contribution < 1.29 is 9.52 Å². The summed E-state index contributed by atoms with van der Waals surface area (Å²) in [7, 11) is 4.13. The molecule has 0 saturated heterocycles. The highest BCUT2D eigenvalue weighted by Crippen LogP contribution is 2.21. The number of nitrogens with zero attached hydrogens (tertiary/aromatic N) is 2. The van der Waals surface area contributed by atoms with Crippen LogP contribution in [0, 0.1) is 6.92 Å². The number of benzene rings is 1. The highest BCUT2D eigenvalue weighted by atomic mass is 127. The van der Waals surface area contributed by atoms with Crippen LogP contribution >= 0.6 is 24.0 Å². The standard InChI is InChI=1S/C21H32N4O2.HI/c1-6-22-20(24-15-21(3,26)19-8-7-13-27-19)23-14-18(25(4)5)17-11-9-16(2)10-12-17;/h7-13,18,26H,6,14-15H2,1-5H3,(H2,22,23,24);1H. The zero-order valence-corrected chi connectivity index (χ0v) is 19.7. The molecule has 2 rings (SSSR count). The third-order valence-corrected chi connectivity index (χ3v) is 4.49. The maximum atomic E-state index is 10.6. The maximum absolute atomic E-state index is 10.6. The van der Waals surface area contributed by atoms with E-state index in [9.17, 15) is 5.11 Å². The fourth-order valence-corrected chi connectivity index (χ4v) is 2.82. The van der Waals surface area contributed by atoms with E-state index in [-0.39, 0.29) is 36.6 Å². The summed E-state index contributed by atoms with van der Waals surface area (Å²) < 4.78 is 5.32. The number of guanidine groups is 1. The molecule has 6 nitrogen and oxygen atoms in total. The summed E-state index contributed by atoms with van der Waals surface area (Å²) in [4.78, 5) is 6.73. The Hall–Kier alpha value is -1.58. The van der Waals surface area contributed by atoms with Crippen molar-refractivity contribution in [2.45, 2.75) is 32.4 Å². The third kappa shape index (κ3) is 7.10. The van der Waals surface area contributed by atoms with Crippen LogP contribution in [0.25, 0.3) is 0 Å². The highest BCUT2D eigenvalue weighted by molar-refractivity contribution is 14.0. The Labute approximate surface area is 185 Å². The summed E-state index contributed by atoms with van der Waals surface area (Å²) in [6, 6.07) is 12.3. The van der Waals surface area contributed by atoms with Gasteiger partial charge in [-0.15, -0.1) is 24.0 Å². The molecule has 0 aliphatic carbocycles. The van der Waals surface area contributed by atoms with Crippen LogP contribution in [0.4, 0.5) is 0 Å². The summed E-state index contributed by atoms with van der Waals surface area (Å²) in [6.07, 6.45) is 1.56. The molecule has 1 aromatic carbocycles. The molecule has 0 saturated carbocycles. The number of rotatable bonds is 8. The van der Waals surface area contributed by atoms with Crippen molar-refractivity contribution in [2.24, 2.45) is 4.99 Å². The molecular weight excluding hydrogens is 467 g/mol. The Morgan fingerprint density at radius 2 is 1.89 bits per heavy atom. The van der Waals surface area contributed by atoms with Gasteiger partial charge in [0.1, 0.15) is 11.4 Å². The summed E-state index contributed by atoms with van der Waals surface area (Å²) in [5, 5.41) is 17.2. The molecule has 0 bridgehead atoms. The van der Waals surface area contributed by atoms with Gasteiger partial charge in [-0.25, -0.2) is 4.99 Å². The van der Waals surface area contributed by atoms with Gasteiger partial charge in [-0.1, -0.05) is 29.8 Å².